The zero-order valence-electron chi connectivity index (χ0n) is 10.9. The van der Waals surface area contributed by atoms with Gasteiger partial charge in [-0.1, -0.05) is 34.1 Å². The van der Waals surface area contributed by atoms with Crippen LogP contribution in [-0.2, 0) is 11.3 Å². The lowest BCUT2D eigenvalue weighted by Gasteiger charge is -2.12. The van der Waals surface area contributed by atoms with Crippen LogP contribution in [-0.4, -0.2) is 13.1 Å². The molecule has 0 aliphatic rings. The molecular weight excluding hydrogens is 322 g/mol. The van der Waals surface area contributed by atoms with Crippen molar-refractivity contribution in [3.8, 4) is 5.75 Å². The van der Waals surface area contributed by atoms with Crippen molar-refractivity contribution in [2.75, 3.05) is 12.8 Å². The van der Waals surface area contributed by atoms with Crippen molar-refractivity contribution in [2.45, 2.75) is 6.61 Å². The Balaban J connectivity index is 2.22. The van der Waals surface area contributed by atoms with Gasteiger partial charge in [0.2, 0.25) is 0 Å². The van der Waals surface area contributed by atoms with Gasteiger partial charge in [-0.3, -0.25) is 0 Å². The first-order chi connectivity index (χ1) is 9.61. The summed E-state index contributed by atoms with van der Waals surface area (Å²) in [6.45, 7) is 0.328. The van der Waals surface area contributed by atoms with Crippen molar-refractivity contribution in [2.24, 2.45) is 0 Å². The number of nitrogens with two attached hydrogens (primary N) is 1. The van der Waals surface area contributed by atoms with Gasteiger partial charge in [0.15, 0.2) is 0 Å². The molecule has 0 aliphatic heterocycles. The number of ether oxygens (including phenoxy) is 2. The highest BCUT2D eigenvalue weighted by atomic mass is 79.9. The predicted molar refractivity (Wildman–Crippen MR) is 80.7 cm³/mol. The van der Waals surface area contributed by atoms with E-state index in [0.717, 1.165) is 10.0 Å². The van der Waals surface area contributed by atoms with E-state index in [9.17, 15) is 4.79 Å². The number of carbonyl (C=O) groups excluding carboxylic acids is 1. The number of nitrogen functional groups attached to an aromatic ring is 1. The van der Waals surface area contributed by atoms with Crippen LogP contribution in [0, 0.1) is 0 Å². The molecule has 2 N–H and O–H groups in total. The summed E-state index contributed by atoms with van der Waals surface area (Å²) in [4.78, 5) is 11.7. The van der Waals surface area contributed by atoms with E-state index in [0.29, 0.717) is 23.6 Å². The molecular formula is C15H14BrNO3. The number of rotatable bonds is 4. The molecule has 2 aromatic carbocycles. The Morgan fingerprint density at radius 1 is 1.25 bits per heavy atom. The third-order valence-corrected chi connectivity index (χ3v) is 3.53. The molecule has 0 saturated heterocycles. The second-order valence-corrected chi connectivity index (χ2v) is 4.98. The topological polar surface area (TPSA) is 61.5 Å². The molecule has 5 heteroatoms. The van der Waals surface area contributed by atoms with E-state index in [1.54, 1.807) is 18.2 Å². The van der Waals surface area contributed by atoms with E-state index >= 15 is 0 Å². The maximum atomic E-state index is 11.7. The van der Waals surface area contributed by atoms with Gasteiger partial charge in [0, 0.05) is 21.8 Å². The van der Waals surface area contributed by atoms with Gasteiger partial charge in [0.05, 0.1) is 7.11 Å². The molecule has 0 unspecified atom stereocenters. The minimum Gasteiger partial charge on any atom is -0.488 e. The molecule has 0 bridgehead atoms. The lowest BCUT2D eigenvalue weighted by Crippen LogP contribution is -2.06. The number of halogens is 1. The Bertz CT molecular complexity index is 628. The fraction of sp³-hybridized carbons (Fsp3) is 0.133. The SMILES string of the molecule is COC(=O)c1ccc(N)cc1OCc1ccccc1Br. The molecule has 0 heterocycles. The normalized spacial score (nSPS) is 10.1. The molecule has 0 aliphatic carbocycles. The summed E-state index contributed by atoms with van der Waals surface area (Å²) in [6.07, 6.45) is 0. The number of methoxy groups -OCH3 is 1. The molecule has 0 aromatic heterocycles. The van der Waals surface area contributed by atoms with Crippen molar-refractivity contribution in [1.82, 2.24) is 0 Å². The maximum Gasteiger partial charge on any atom is 0.341 e. The van der Waals surface area contributed by atoms with Crippen molar-refractivity contribution < 1.29 is 14.3 Å². The van der Waals surface area contributed by atoms with Crippen LogP contribution in [0.25, 0.3) is 0 Å². The van der Waals surface area contributed by atoms with Crippen LogP contribution in [0.2, 0.25) is 0 Å². The zero-order chi connectivity index (χ0) is 14.5. The van der Waals surface area contributed by atoms with Crippen LogP contribution in [0.5, 0.6) is 5.75 Å². The summed E-state index contributed by atoms with van der Waals surface area (Å²) in [5, 5.41) is 0. The van der Waals surface area contributed by atoms with Gasteiger partial charge in [-0.2, -0.15) is 0 Å². The van der Waals surface area contributed by atoms with Crippen LogP contribution in [0.1, 0.15) is 15.9 Å². The summed E-state index contributed by atoms with van der Waals surface area (Å²) >= 11 is 3.45. The van der Waals surface area contributed by atoms with Crippen molar-refractivity contribution >= 4 is 27.6 Å². The van der Waals surface area contributed by atoms with Crippen LogP contribution in [0.3, 0.4) is 0 Å². The molecule has 0 atom stereocenters. The second kappa shape index (κ2) is 6.43. The van der Waals surface area contributed by atoms with Gasteiger partial charge in [-0.15, -0.1) is 0 Å². The molecule has 0 spiro atoms. The molecule has 20 heavy (non-hydrogen) atoms. The standard InChI is InChI=1S/C15H14BrNO3/c1-19-15(18)12-7-6-11(17)8-14(12)20-9-10-4-2-3-5-13(10)16/h2-8H,9,17H2,1H3. The molecule has 0 radical (unpaired) electrons. The van der Waals surface area contributed by atoms with Gasteiger partial charge >= 0.3 is 5.97 Å². The Kier molecular flexibility index (Phi) is 4.63. The Morgan fingerprint density at radius 2 is 2.00 bits per heavy atom. The molecule has 0 amide bonds. The highest BCUT2D eigenvalue weighted by molar-refractivity contribution is 9.10. The molecule has 2 aromatic rings. The summed E-state index contributed by atoms with van der Waals surface area (Å²) in [5.74, 6) is -0.0419. The smallest absolute Gasteiger partial charge is 0.341 e. The number of anilines is 1. The molecule has 0 fully saturated rings. The number of hydrogen-bond donors (Lipinski definition) is 1. The lowest BCUT2D eigenvalue weighted by molar-refractivity contribution is 0.0595. The fourth-order valence-electron chi connectivity index (χ4n) is 1.71. The number of benzene rings is 2. The van der Waals surface area contributed by atoms with E-state index in [1.807, 2.05) is 24.3 Å². The van der Waals surface area contributed by atoms with Gasteiger partial charge in [-0.05, 0) is 18.2 Å². The zero-order valence-corrected chi connectivity index (χ0v) is 12.5. The number of hydrogen-bond acceptors (Lipinski definition) is 4. The average molecular weight is 336 g/mol. The summed E-state index contributed by atoms with van der Waals surface area (Å²) < 4.78 is 11.4. The first-order valence-electron chi connectivity index (χ1n) is 5.96. The molecule has 4 nitrogen and oxygen atoms in total. The fourth-order valence-corrected chi connectivity index (χ4v) is 2.11. The third-order valence-electron chi connectivity index (χ3n) is 2.75. The predicted octanol–water partition coefficient (Wildman–Crippen LogP) is 3.40. The van der Waals surface area contributed by atoms with E-state index in [-0.39, 0.29) is 0 Å². The Labute approximate surface area is 125 Å². The van der Waals surface area contributed by atoms with E-state index in [1.165, 1.54) is 7.11 Å². The van der Waals surface area contributed by atoms with Crippen LogP contribution < -0.4 is 10.5 Å². The van der Waals surface area contributed by atoms with Crippen LogP contribution >= 0.6 is 15.9 Å². The van der Waals surface area contributed by atoms with Crippen molar-refractivity contribution in [1.29, 1.82) is 0 Å². The van der Waals surface area contributed by atoms with E-state index in [2.05, 4.69) is 15.9 Å². The quantitative estimate of drug-likeness (QED) is 0.687. The largest absolute Gasteiger partial charge is 0.488 e. The van der Waals surface area contributed by atoms with Gasteiger partial charge in [0.1, 0.15) is 17.9 Å². The summed E-state index contributed by atoms with van der Waals surface area (Å²) in [7, 11) is 1.33. The summed E-state index contributed by atoms with van der Waals surface area (Å²) in [5.41, 5.74) is 7.59. The van der Waals surface area contributed by atoms with Crippen LogP contribution in [0.15, 0.2) is 46.9 Å². The van der Waals surface area contributed by atoms with E-state index < -0.39 is 5.97 Å². The van der Waals surface area contributed by atoms with Crippen molar-refractivity contribution in [3.05, 3.63) is 58.1 Å². The van der Waals surface area contributed by atoms with Gasteiger partial charge in [-0.25, -0.2) is 4.79 Å². The molecule has 0 saturated carbocycles. The number of esters is 1. The third kappa shape index (κ3) is 3.30. The van der Waals surface area contributed by atoms with E-state index in [4.69, 9.17) is 15.2 Å². The summed E-state index contributed by atoms with van der Waals surface area (Å²) in [6, 6.07) is 12.6. The Morgan fingerprint density at radius 3 is 2.70 bits per heavy atom. The highest BCUT2D eigenvalue weighted by Crippen LogP contribution is 2.25. The second-order valence-electron chi connectivity index (χ2n) is 4.13. The lowest BCUT2D eigenvalue weighted by atomic mass is 10.2. The highest BCUT2D eigenvalue weighted by Gasteiger charge is 2.13. The minimum absolute atomic E-state index is 0.328. The average Bonchev–Trinajstić information content (AvgIpc) is 2.46. The minimum atomic E-state index is -0.452. The van der Waals surface area contributed by atoms with Crippen molar-refractivity contribution in [3.63, 3.8) is 0 Å². The number of carbonyl (C=O) groups is 1. The maximum absolute atomic E-state index is 11.7. The molecule has 2 rings (SSSR count). The van der Waals surface area contributed by atoms with Crippen LogP contribution in [0.4, 0.5) is 5.69 Å². The first-order valence-corrected chi connectivity index (χ1v) is 6.75. The monoisotopic (exact) mass is 335 g/mol. The molecule has 104 valence electrons. The Hall–Kier alpha value is -2.01. The van der Waals surface area contributed by atoms with Gasteiger partial charge in [0.25, 0.3) is 0 Å². The van der Waals surface area contributed by atoms with Gasteiger partial charge < -0.3 is 15.2 Å². The first kappa shape index (κ1) is 14.4.